The van der Waals surface area contributed by atoms with Gasteiger partial charge in [0.1, 0.15) is 0 Å². The zero-order valence-electron chi connectivity index (χ0n) is 10.3. The molecule has 1 amide bonds. The van der Waals surface area contributed by atoms with Crippen LogP contribution in [0.3, 0.4) is 0 Å². The van der Waals surface area contributed by atoms with Gasteiger partial charge in [0.25, 0.3) is 0 Å². The van der Waals surface area contributed by atoms with Gasteiger partial charge in [0.05, 0.1) is 6.04 Å². The highest BCUT2D eigenvalue weighted by atomic mass is 32.1. The second kappa shape index (κ2) is 5.46. The fourth-order valence-electron chi connectivity index (χ4n) is 1.62. The number of nitrogens with two attached hydrogens (primary N) is 1. The minimum Gasteiger partial charge on any atom is -0.349 e. The van der Waals surface area contributed by atoms with E-state index in [-0.39, 0.29) is 17.9 Å². The van der Waals surface area contributed by atoms with Gasteiger partial charge in [0, 0.05) is 22.2 Å². The van der Waals surface area contributed by atoms with E-state index >= 15 is 0 Å². The lowest BCUT2D eigenvalue weighted by Gasteiger charge is -2.16. The van der Waals surface area contributed by atoms with E-state index < -0.39 is 0 Å². The van der Waals surface area contributed by atoms with Gasteiger partial charge in [-0.05, 0) is 32.4 Å². The summed E-state index contributed by atoms with van der Waals surface area (Å²) >= 11 is 1.76. The van der Waals surface area contributed by atoms with Crippen LogP contribution in [0, 0.1) is 19.8 Å². The first-order chi connectivity index (χ1) is 7.45. The number of thiophene rings is 1. The highest BCUT2D eigenvalue weighted by Crippen LogP contribution is 2.26. The van der Waals surface area contributed by atoms with Gasteiger partial charge >= 0.3 is 0 Å². The molecule has 2 atom stereocenters. The minimum atomic E-state index is -0.123. The number of hydrogen-bond donors (Lipinski definition) is 2. The zero-order valence-corrected chi connectivity index (χ0v) is 11.1. The van der Waals surface area contributed by atoms with Crippen molar-refractivity contribution in [2.24, 2.45) is 11.7 Å². The van der Waals surface area contributed by atoms with Gasteiger partial charge < -0.3 is 11.1 Å². The van der Waals surface area contributed by atoms with E-state index in [2.05, 4.69) is 25.2 Å². The molecule has 0 radical (unpaired) electrons. The summed E-state index contributed by atoms with van der Waals surface area (Å²) in [5, 5.41) is 2.99. The van der Waals surface area contributed by atoms with Crippen molar-refractivity contribution in [1.82, 2.24) is 5.32 Å². The van der Waals surface area contributed by atoms with Crippen LogP contribution in [-0.2, 0) is 4.79 Å². The number of carbonyl (C=O) groups is 1. The van der Waals surface area contributed by atoms with Crippen LogP contribution >= 0.6 is 11.3 Å². The maximum Gasteiger partial charge on any atom is 0.224 e. The van der Waals surface area contributed by atoms with Crippen molar-refractivity contribution in [1.29, 1.82) is 0 Å². The standard InChI is InChI=1S/C12H20N2OS/c1-7(6-13)12(15)14-9(3)11-5-8(2)16-10(11)4/h5,7,9H,6,13H2,1-4H3,(H,14,15). The summed E-state index contributed by atoms with van der Waals surface area (Å²) in [5.74, 6) is -0.0965. The van der Waals surface area contributed by atoms with E-state index in [1.54, 1.807) is 11.3 Å². The van der Waals surface area contributed by atoms with Crippen LogP contribution in [0.2, 0.25) is 0 Å². The summed E-state index contributed by atoms with van der Waals surface area (Å²) in [4.78, 5) is 14.2. The van der Waals surface area contributed by atoms with Crippen LogP contribution in [0.1, 0.15) is 35.2 Å². The Bertz CT molecular complexity index is 373. The average Bonchev–Trinajstić information content (AvgIpc) is 2.56. The van der Waals surface area contributed by atoms with Crippen molar-refractivity contribution in [3.63, 3.8) is 0 Å². The molecule has 0 aliphatic heterocycles. The summed E-state index contributed by atoms with van der Waals surface area (Å²) in [6.07, 6.45) is 0. The maximum atomic E-state index is 11.7. The second-order valence-corrected chi connectivity index (χ2v) is 5.70. The average molecular weight is 240 g/mol. The molecule has 2 unspecified atom stereocenters. The van der Waals surface area contributed by atoms with Crippen LogP contribution in [0.15, 0.2) is 6.07 Å². The lowest BCUT2D eigenvalue weighted by atomic mass is 10.1. The topological polar surface area (TPSA) is 55.1 Å². The van der Waals surface area contributed by atoms with Gasteiger partial charge in [-0.25, -0.2) is 0 Å². The molecule has 1 aromatic rings. The Kier molecular flexibility index (Phi) is 4.50. The summed E-state index contributed by atoms with van der Waals surface area (Å²) in [6, 6.07) is 2.20. The summed E-state index contributed by atoms with van der Waals surface area (Å²) in [6.45, 7) is 8.41. The van der Waals surface area contributed by atoms with Crippen molar-refractivity contribution in [3.05, 3.63) is 21.4 Å². The van der Waals surface area contributed by atoms with Crippen molar-refractivity contribution in [2.75, 3.05) is 6.54 Å². The molecular weight excluding hydrogens is 220 g/mol. The highest BCUT2D eigenvalue weighted by molar-refractivity contribution is 7.12. The predicted molar refractivity (Wildman–Crippen MR) is 68.6 cm³/mol. The molecule has 0 spiro atoms. The molecule has 0 aliphatic carbocycles. The van der Waals surface area contributed by atoms with Gasteiger partial charge in [0.2, 0.25) is 5.91 Å². The summed E-state index contributed by atoms with van der Waals surface area (Å²) in [7, 11) is 0. The zero-order chi connectivity index (χ0) is 12.3. The van der Waals surface area contributed by atoms with Crippen LogP contribution in [0.5, 0.6) is 0 Å². The normalized spacial score (nSPS) is 14.6. The summed E-state index contributed by atoms with van der Waals surface area (Å²) in [5.41, 5.74) is 6.67. The summed E-state index contributed by atoms with van der Waals surface area (Å²) < 4.78 is 0. The Morgan fingerprint density at radius 3 is 2.56 bits per heavy atom. The van der Waals surface area contributed by atoms with Crippen molar-refractivity contribution < 1.29 is 4.79 Å². The molecule has 1 heterocycles. The second-order valence-electron chi connectivity index (χ2n) is 4.24. The molecule has 1 aromatic heterocycles. The first-order valence-electron chi connectivity index (χ1n) is 5.53. The SMILES string of the molecule is Cc1cc(C(C)NC(=O)C(C)CN)c(C)s1. The fourth-order valence-corrected chi connectivity index (χ4v) is 2.64. The number of amides is 1. The molecule has 4 heteroatoms. The quantitative estimate of drug-likeness (QED) is 0.847. The fraction of sp³-hybridized carbons (Fsp3) is 0.583. The third-order valence-electron chi connectivity index (χ3n) is 2.71. The van der Waals surface area contributed by atoms with E-state index in [1.165, 1.54) is 15.3 Å². The van der Waals surface area contributed by atoms with Gasteiger partial charge in [-0.1, -0.05) is 6.92 Å². The molecule has 3 nitrogen and oxygen atoms in total. The largest absolute Gasteiger partial charge is 0.349 e. The van der Waals surface area contributed by atoms with E-state index in [0.29, 0.717) is 6.54 Å². The number of nitrogens with one attached hydrogen (secondary N) is 1. The number of aryl methyl sites for hydroxylation is 2. The number of rotatable bonds is 4. The molecule has 0 aromatic carbocycles. The lowest BCUT2D eigenvalue weighted by molar-refractivity contribution is -0.124. The van der Waals surface area contributed by atoms with Crippen molar-refractivity contribution in [2.45, 2.75) is 33.7 Å². The van der Waals surface area contributed by atoms with Gasteiger partial charge in [-0.2, -0.15) is 0 Å². The Morgan fingerprint density at radius 2 is 2.12 bits per heavy atom. The Balaban J connectivity index is 2.69. The third-order valence-corrected chi connectivity index (χ3v) is 3.69. The van der Waals surface area contributed by atoms with Gasteiger partial charge in [-0.3, -0.25) is 4.79 Å². The highest BCUT2D eigenvalue weighted by Gasteiger charge is 2.16. The van der Waals surface area contributed by atoms with Crippen LogP contribution in [0.4, 0.5) is 0 Å². The van der Waals surface area contributed by atoms with E-state index in [4.69, 9.17) is 5.73 Å². The number of carbonyl (C=O) groups excluding carboxylic acids is 1. The molecule has 16 heavy (non-hydrogen) atoms. The van der Waals surface area contributed by atoms with Crippen molar-refractivity contribution >= 4 is 17.2 Å². The van der Waals surface area contributed by atoms with E-state index in [9.17, 15) is 4.79 Å². The first-order valence-corrected chi connectivity index (χ1v) is 6.34. The smallest absolute Gasteiger partial charge is 0.224 e. The number of hydrogen-bond acceptors (Lipinski definition) is 3. The maximum absolute atomic E-state index is 11.7. The van der Waals surface area contributed by atoms with Crippen LogP contribution in [0.25, 0.3) is 0 Å². The molecular formula is C12H20N2OS. The van der Waals surface area contributed by atoms with E-state index in [1.807, 2.05) is 13.8 Å². The predicted octanol–water partition coefficient (Wildman–Crippen LogP) is 2.14. The molecule has 0 saturated heterocycles. The van der Waals surface area contributed by atoms with Crippen LogP contribution in [-0.4, -0.2) is 12.5 Å². The Morgan fingerprint density at radius 1 is 1.50 bits per heavy atom. The molecule has 0 aliphatic rings. The lowest BCUT2D eigenvalue weighted by Crippen LogP contribution is -2.34. The minimum absolute atomic E-state index is 0.0262. The molecule has 90 valence electrons. The molecule has 0 bridgehead atoms. The monoisotopic (exact) mass is 240 g/mol. The van der Waals surface area contributed by atoms with Gasteiger partial charge in [0.15, 0.2) is 0 Å². The van der Waals surface area contributed by atoms with Crippen LogP contribution < -0.4 is 11.1 Å². The Labute approximate surface area is 101 Å². The molecule has 0 saturated carbocycles. The molecule has 1 rings (SSSR count). The van der Waals surface area contributed by atoms with Gasteiger partial charge in [-0.15, -0.1) is 11.3 Å². The molecule has 3 N–H and O–H groups in total. The van der Waals surface area contributed by atoms with E-state index in [0.717, 1.165) is 0 Å². The van der Waals surface area contributed by atoms with Crippen molar-refractivity contribution in [3.8, 4) is 0 Å². The Hall–Kier alpha value is -0.870. The first kappa shape index (κ1) is 13.2. The third kappa shape index (κ3) is 3.06. The molecule has 0 fully saturated rings.